The second-order valence-corrected chi connectivity index (χ2v) is 7.98. The first kappa shape index (κ1) is 13.9. The van der Waals surface area contributed by atoms with Crippen LogP contribution in [-0.4, -0.2) is 37.1 Å². The maximum Gasteiger partial charge on any atom is 0.0330 e. The van der Waals surface area contributed by atoms with Crippen molar-refractivity contribution in [3.8, 4) is 0 Å². The summed E-state index contributed by atoms with van der Waals surface area (Å²) in [5.41, 5.74) is 0.430. The molecule has 5 unspecified atom stereocenters. The molecule has 1 N–H and O–H groups in total. The largest absolute Gasteiger partial charge is 0.312 e. The van der Waals surface area contributed by atoms with E-state index in [0.29, 0.717) is 5.54 Å². The Labute approximate surface area is 119 Å². The molecule has 0 heterocycles. The molecule has 0 aromatic heterocycles. The third-order valence-electron chi connectivity index (χ3n) is 6.45. The molecule has 0 amide bonds. The van der Waals surface area contributed by atoms with Crippen molar-refractivity contribution in [3.63, 3.8) is 0 Å². The summed E-state index contributed by atoms with van der Waals surface area (Å²) in [7, 11) is 4.58. The average Bonchev–Trinajstić information content (AvgIpc) is 2.98. The maximum absolute atomic E-state index is 3.98. The van der Waals surface area contributed by atoms with Gasteiger partial charge in [-0.2, -0.15) is 0 Å². The molecule has 0 aromatic rings. The molecule has 2 heteroatoms. The van der Waals surface area contributed by atoms with Gasteiger partial charge in [0, 0.05) is 18.1 Å². The first-order chi connectivity index (χ1) is 9.09. The van der Waals surface area contributed by atoms with E-state index in [0.717, 1.165) is 23.8 Å². The summed E-state index contributed by atoms with van der Waals surface area (Å²) in [5, 5.41) is 3.98. The Morgan fingerprint density at radius 2 is 2.00 bits per heavy atom. The molecule has 110 valence electrons. The van der Waals surface area contributed by atoms with Gasteiger partial charge >= 0.3 is 0 Å². The van der Waals surface area contributed by atoms with Crippen LogP contribution in [0.2, 0.25) is 0 Å². The lowest BCUT2D eigenvalue weighted by Crippen LogP contribution is -2.56. The Hall–Kier alpha value is -0.0800. The smallest absolute Gasteiger partial charge is 0.0330 e. The van der Waals surface area contributed by atoms with Crippen molar-refractivity contribution in [2.45, 2.75) is 69.9 Å². The molecule has 0 aromatic carbocycles. The van der Waals surface area contributed by atoms with E-state index < -0.39 is 0 Å². The highest BCUT2D eigenvalue weighted by Gasteiger charge is 2.42. The van der Waals surface area contributed by atoms with Gasteiger partial charge in [-0.15, -0.1) is 0 Å². The van der Waals surface area contributed by atoms with Crippen LogP contribution in [0, 0.1) is 17.8 Å². The molecular formula is C17H32N2. The molecule has 0 spiro atoms. The molecule has 3 rings (SSSR count). The minimum atomic E-state index is 0.430. The van der Waals surface area contributed by atoms with Gasteiger partial charge in [-0.25, -0.2) is 0 Å². The summed E-state index contributed by atoms with van der Waals surface area (Å²) in [6.07, 6.45) is 11.6. The second-order valence-electron chi connectivity index (χ2n) is 7.98. The molecule has 3 aliphatic rings. The van der Waals surface area contributed by atoms with Crippen LogP contribution in [-0.2, 0) is 0 Å². The summed E-state index contributed by atoms with van der Waals surface area (Å²) in [4.78, 5) is 2.52. The van der Waals surface area contributed by atoms with Crippen molar-refractivity contribution in [1.29, 1.82) is 0 Å². The Balaban J connectivity index is 1.59. The number of hydrogen-bond donors (Lipinski definition) is 1. The number of nitrogens with one attached hydrogen (secondary N) is 1. The van der Waals surface area contributed by atoms with Crippen LogP contribution in [0.25, 0.3) is 0 Å². The van der Waals surface area contributed by atoms with Gasteiger partial charge in [-0.05, 0) is 64.0 Å². The van der Waals surface area contributed by atoms with Gasteiger partial charge < -0.3 is 10.2 Å². The molecular weight excluding hydrogens is 232 g/mol. The highest BCUT2D eigenvalue weighted by atomic mass is 15.2. The molecule has 2 nitrogen and oxygen atoms in total. The Kier molecular flexibility index (Phi) is 3.92. The van der Waals surface area contributed by atoms with Gasteiger partial charge in [0.2, 0.25) is 0 Å². The quantitative estimate of drug-likeness (QED) is 0.838. The standard InChI is InChI=1S/C17H32N2/c1-13-5-4-8-17(11-13,19(2)3)12-18-16-10-14-6-7-15(16)9-14/h13-16,18H,4-12H2,1-3H3. The van der Waals surface area contributed by atoms with E-state index in [2.05, 4.69) is 31.2 Å². The number of hydrogen-bond acceptors (Lipinski definition) is 2. The topological polar surface area (TPSA) is 15.3 Å². The van der Waals surface area contributed by atoms with Gasteiger partial charge in [0.05, 0.1) is 0 Å². The minimum absolute atomic E-state index is 0.430. The highest BCUT2D eigenvalue weighted by molar-refractivity contribution is 4.99. The first-order valence-corrected chi connectivity index (χ1v) is 8.50. The Morgan fingerprint density at radius 1 is 1.16 bits per heavy atom. The van der Waals surface area contributed by atoms with E-state index in [1.165, 1.54) is 57.9 Å². The fourth-order valence-corrected chi connectivity index (χ4v) is 5.17. The van der Waals surface area contributed by atoms with Crippen LogP contribution in [0.15, 0.2) is 0 Å². The second kappa shape index (κ2) is 5.37. The van der Waals surface area contributed by atoms with E-state index >= 15 is 0 Å². The van der Waals surface area contributed by atoms with Gasteiger partial charge in [0.15, 0.2) is 0 Å². The van der Waals surface area contributed by atoms with E-state index in [1.54, 1.807) is 0 Å². The van der Waals surface area contributed by atoms with Gasteiger partial charge in [0.1, 0.15) is 0 Å². The summed E-state index contributed by atoms with van der Waals surface area (Å²) >= 11 is 0. The third-order valence-corrected chi connectivity index (χ3v) is 6.45. The lowest BCUT2D eigenvalue weighted by Gasteiger charge is -2.46. The molecule has 19 heavy (non-hydrogen) atoms. The zero-order valence-electron chi connectivity index (χ0n) is 13.1. The van der Waals surface area contributed by atoms with Crippen molar-refractivity contribution in [1.82, 2.24) is 10.2 Å². The van der Waals surface area contributed by atoms with Crippen molar-refractivity contribution < 1.29 is 0 Å². The van der Waals surface area contributed by atoms with Gasteiger partial charge in [-0.3, -0.25) is 0 Å². The number of likely N-dealkylation sites (N-methyl/N-ethyl adjacent to an activating group) is 1. The number of fused-ring (bicyclic) bond motifs is 2. The number of rotatable bonds is 4. The third kappa shape index (κ3) is 2.71. The summed E-state index contributed by atoms with van der Waals surface area (Å²) in [6.45, 7) is 3.66. The fourth-order valence-electron chi connectivity index (χ4n) is 5.17. The van der Waals surface area contributed by atoms with Crippen LogP contribution in [0.3, 0.4) is 0 Å². The lowest BCUT2D eigenvalue weighted by molar-refractivity contribution is 0.0698. The molecule has 3 aliphatic carbocycles. The molecule has 0 radical (unpaired) electrons. The molecule has 0 aliphatic heterocycles. The van der Waals surface area contributed by atoms with E-state index in [4.69, 9.17) is 0 Å². The lowest BCUT2D eigenvalue weighted by atomic mass is 9.75. The molecule has 0 saturated heterocycles. The van der Waals surface area contributed by atoms with Crippen LogP contribution in [0.5, 0.6) is 0 Å². The summed E-state index contributed by atoms with van der Waals surface area (Å²) < 4.78 is 0. The summed E-state index contributed by atoms with van der Waals surface area (Å²) in [5.74, 6) is 2.96. The van der Waals surface area contributed by atoms with Gasteiger partial charge in [-0.1, -0.05) is 26.2 Å². The van der Waals surface area contributed by atoms with Gasteiger partial charge in [0.25, 0.3) is 0 Å². The SMILES string of the molecule is CC1CCCC(CNC2CC3CCC2C3)(N(C)C)C1. The van der Waals surface area contributed by atoms with Crippen LogP contribution in [0.4, 0.5) is 0 Å². The molecule has 3 fully saturated rings. The van der Waals surface area contributed by atoms with Crippen molar-refractivity contribution in [3.05, 3.63) is 0 Å². The predicted octanol–water partition coefficient (Wildman–Crippen LogP) is 3.28. The fraction of sp³-hybridized carbons (Fsp3) is 1.00. The monoisotopic (exact) mass is 264 g/mol. The zero-order chi connectivity index (χ0) is 13.5. The highest BCUT2D eigenvalue weighted by Crippen LogP contribution is 2.45. The van der Waals surface area contributed by atoms with Crippen molar-refractivity contribution in [2.75, 3.05) is 20.6 Å². The van der Waals surface area contributed by atoms with Crippen molar-refractivity contribution >= 4 is 0 Å². The predicted molar refractivity (Wildman–Crippen MR) is 81.3 cm³/mol. The molecule has 2 bridgehead atoms. The van der Waals surface area contributed by atoms with E-state index in [9.17, 15) is 0 Å². The van der Waals surface area contributed by atoms with Crippen LogP contribution < -0.4 is 5.32 Å². The van der Waals surface area contributed by atoms with Crippen molar-refractivity contribution in [2.24, 2.45) is 17.8 Å². The number of nitrogens with zero attached hydrogens (tertiary/aromatic N) is 1. The maximum atomic E-state index is 3.98. The Morgan fingerprint density at radius 3 is 2.58 bits per heavy atom. The molecule has 5 atom stereocenters. The minimum Gasteiger partial charge on any atom is -0.312 e. The first-order valence-electron chi connectivity index (χ1n) is 8.50. The normalized spacial score (nSPS) is 46.1. The average molecular weight is 264 g/mol. The zero-order valence-corrected chi connectivity index (χ0v) is 13.1. The van der Waals surface area contributed by atoms with Crippen LogP contribution >= 0.6 is 0 Å². The Bertz CT molecular complexity index is 314. The summed E-state index contributed by atoms with van der Waals surface area (Å²) in [6, 6.07) is 0.841. The van der Waals surface area contributed by atoms with Crippen LogP contribution in [0.1, 0.15) is 58.3 Å². The van der Waals surface area contributed by atoms with E-state index in [1.807, 2.05) is 0 Å². The molecule has 3 saturated carbocycles. The van der Waals surface area contributed by atoms with E-state index in [-0.39, 0.29) is 0 Å².